The molecule has 0 amide bonds. The minimum absolute atomic E-state index is 0. The van der Waals surface area contributed by atoms with Gasteiger partial charge in [-0.1, -0.05) is 36.1 Å². The Kier molecular flexibility index (Phi) is 13.5. The molecule has 0 aliphatic rings. The molecule has 0 heterocycles. The fourth-order valence-corrected chi connectivity index (χ4v) is 1.24. The Morgan fingerprint density at radius 2 is 1.69 bits per heavy atom. The van der Waals surface area contributed by atoms with E-state index >= 15 is 0 Å². The second-order valence-electron chi connectivity index (χ2n) is 4.41. The van der Waals surface area contributed by atoms with Crippen molar-refractivity contribution in [2.24, 2.45) is 0 Å². The first-order chi connectivity index (χ1) is 7.06. The smallest absolute Gasteiger partial charge is 0 e. The third-order valence-corrected chi connectivity index (χ3v) is 2.43. The zero-order chi connectivity index (χ0) is 11.7. The van der Waals surface area contributed by atoms with Gasteiger partial charge in [0.2, 0.25) is 0 Å². The molecule has 89 valence electrons. The van der Waals surface area contributed by atoms with Gasteiger partial charge in [0.15, 0.2) is 0 Å². The van der Waals surface area contributed by atoms with Gasteiger partial charge in [0.25, 0.3) is 0 Å². The van der Waals surface area contributed by atoms with E-state index < -0.39 is 0 Å². The van der Waals surface area contributed by atoms with Gasteiger partial charge in [-0.05, 0) is 34.1 Å². The molecule has 0 aromatic carbocycles. The Balaban J connectivity index is 0. The van der Waals surface area contributed by atoms with Gasteiger partial charge in [-0.15, -0.1) is 6.92 Å². The van der Waals surface area contributed by atoms with Crippen molar-refractivity contribution in [1.29, 1.82) is 0 Å². The number of hydrogen-bond donors (Lipinski definition) is 0. The van der Waals surface area contributed by atoms with Crippen LogP contribution in [0.5, 0.6) is 0 Å². The van der Waals surface area contributed by atoms with Crippen LogP contribution in [0.25, 0.3) is 0 Å². The molecule has 0 aromatic heterocycles. The SMILES string of the molecule is C/C=C(\C)C[CH-]/C=C(\C)CCC=C(C)C.[Y]. The fourth-order valence-electron chi connectivity index (χ4n) is 1.24. The summed E-state index contributed by atoms with van der Waals surface area (Å²) in [4.78, 5) is 0. The normalized spacial score (nSPS) is 11.8. The Hall–Kier alpha value is 0.194. The molecule has 16 heavy (non-hydrogen) atoms. The van der Waals surface area contributed by atoms with Crippen LogP contribution in [0.1, 0.15) is 53.9 Å². The summed E-state index contributed by atoms with van der Waals surface area (Å²) in [6.45, 7) is 10.8. The predicted molar refractivity (Wildman–Crippen MR) is 70.8 cm³/mol. The maximum atomic E-state index is 2.30. The molecule has 0 rings (SSSR count). The Bertz CT molecular complexity index is 253. The van der Waals surface area contributed by atoms with Crippen LogP contribution in [0.2, 0.25) is 0 Å². The van der Waals surface area contributed by atoms with E-state index in [2.05, 4.69) is 59.3 Å². The van der Waals surface area contributed by atoms with Gasteiger partial charge in [-0.3, -0.25) is 0 Å². The molecule has 0 atom stereocenters. The minimum Gasteiger partial charge on any atom is -0.229 e. The summed E-state index contributed by atoms with van der Waals surface area (Å²) in [6, 6.07) is 0. The Morgan fingerprint density at radius 3 is 2.19 bits per heavy atom. The monoisotopic (exact) mass is 294 g/mol. The van der Waals surface area contributed by atoms with Crippen LogP contribution in [-0.2, 0) is 32.7 Å². The molecule has 0 aliphatic carbocycles. The van der Waals surface area contributed by atoms with Gasteiger partial charge in [0.05, 0.1) is 0 Å². The van der Waals surface area contributed by atoms with Crippen molar-refractivity contribution >= 4 is 0 Å². The van der Waals surface area contributed by atoms with Crippen molar-refractivity contribution in [3.8, 4) is 0 Å². The van der Waals surface area contributed by atoms with Crippen LogP contribution in [0.15, 0.2) is 34.9 Å². The van der Waals surface area contributed by atoms with Gasteiger partial charge >= 0.3 is 0 Å². The minimum atomic E-state index is 0. The second kappa shape index (κ2) is 11.7. The van der Waals surface area contributed by atoms with E-state index in [4.69, 9.17) is 0 Å². The molecular formula is C15H25Y-. The third-order valence-electron chi connectivity index (χ3n) is 2.43. The van der Waals surface area contributed by atoms with Crippen molar-refractivity contribution in [3.05, 3.63) is 41.4 Å². The van der Waals surface area contributed by atoms with Crippen molar-refractivity contribution in [2.75, 3.05) is 0 Å². The molecule has 0 aromatic rings. The predicted octanol–water partition coefficient (Wildman–Crippen LogP) is 5.24. The van der Waals surface area contributed by atoms with Crippen molar-refractivity contribution in [1.82, 2.24) is 0 Å². The van der Waals surface area contributed by atoms with E-state index in [1.807, 2.05) is 0 Å². The van der Waals surface area contributed by atoms with Crippen LogP contribution in [-0.4, -0.2) is 0 Å². The van der Waals surface area contributed by atoms with Crippen LogP contribution >= 0.6 is 0 Å². The maximum Gasteiger partial charge on any atom is 0 e. The van der Waals surface area contributed by atoms with Crippen molar-refractivity contribution in [3.63, 3.8) is 0 Å². The summed E-state index contributed by atoms with van der Waals surface area (Å²) in [5.41, 5.74) is 4.32. The number of allylic oxidation sites excluding steroid dienone is 6. The van der Waals surface area contributed by atoms with Crippen LogP contribution in [0.4, 0.5) is 0 Å². The van der Waals surface area contributed by atoms with Crippen LogP contribution < -0.4 is 0 Å². The average Bonchev–Trinajstić information content (AvgIpc) is 2.17. The summed E-state index contributed by atoms with van der Waals surface area (Å²) in [5.74, 6) is 0. The second-order valence-corrected chi connectivity index (χ2v) is 4.41. The number of hydrogen-bond acceptors (Lipinski definition) is 0. The van der Waals surface area contributed by atoms with E-state index in [9.17, 15) is 0 Å². The van der Waals surface area contributed by atoms with E-state index in [1.54, 1.807) is 0 Å². The summed E-state index contributed by atoms with van der Waals surface area (Å²) in [7, 11) is 0. The van der Waals surface area contributed by atoms with E-state index in [0.29, 0.717) is 0 Å². The van der Waals surface area contributed by atoms with Crippen molar-refractivity contribution < 1.29 is 32.7 Å². The summed E-state index contributed by atoms with van der Waals surface area (Å²) < 4.78 is 0. The Morgan fingerprint density at radius 1 is 1.06 bits per heavy atom. The standard InChI is InChI=1S/C15H25.Y/c1-6-14(4)10-8-12-15(5)11-7-9-13(2)3;/h6,8-9,12H,7,10-11H2,1-5H3;/q-1;/b14-6+,15-12+;. The fraction of sp³-hybridized carbons (Fsp3) is 0.533. The van der Waals surface area contributed by atoms with E-state index in [0.717, 1.165) is 6.42 Å². The quantitative estimate of drug-likeness (QED) is 0.464. The molecule has 0 saturated carbocycles. The van der Waals surface area contributed by atoms with Crippen LogP contribution in [0.3, 0.4) is 0 Å². The van der Waals surface area contributed by atoms with Crippen molar-refractivity contribution in [2.45, 2.75) is 53.9 Å². The molecule has 0 fully saturated rings. The van der Waals surface area contributed by atoms with Gasteiger partial charge in [0.1, 0.15) is 0 Å². The first kappa shape index (κ1) is 18.6. The van der Waals surface area contributed by atoms with Gasteiger partial charge < -0.3 is 0 Å². The molecule has 0 saturated heterocycles. The van der Waals surface area contributed by atoms with Gasteiger partial charge in [0, 0.05) is 32.7 Å². The molecule has 0 unspecified atom stereocenters. The third kappa shape index (κ3) is 12.3. The molecule has 0 spiro atoms. The zero-order valence-electron chi connectivity index (χ0n) is 11.5. The Labute approximate surface area is 127 Å². The summed E-state index contributed by atoms with van der Waals surface area (Å²) in [6.07, 6.45) is 12.4. The molecule has 0 N–H and O–H groups in total. The van der Waals surface area contributed by atoms with E-state index in [1.165, 1.54) is 29.6 Å². The van der Waals surface area contributed by atoms with Gasteiger partial charge in [-0.2, -0.15) is 0 Å². The molecule has 0 nitrogen and oxygen atoms in total. The largest absolute Gasteiger partial charge is 0.229 e. The topological polar surface area (TPSA) is 0 Å². The molecule has 0 aliphatic heterocycles. The van der Waals surface area contributed by atoms with Gasteiger partial charge in [-0.25, -0.2) is 18.1 Å². The van der Waals surface area contributed by atoms with E-state index in [-0.39, 0.29) is 32.7 Å². The van der Waals surface area contributed by atoms with Crippen LogP contribution in [0, 0.1) is 6.42 Å². The average molecular weight is 294 g/mol. The maximum absolute atomic E-state index is 2.30. The number of rotatable bonds is 6. The summed E-state index contributed by atoms with van der Waals surface area (Å²) >= 11 is 0. The molecule has 1 heteroatoms. The first-order valence-electron chi connectivity index (χ1n) is 5.80. The zero-order valence-corrected chi connectivity index (χ0v) is 14.3. The molecule has 1 radical (unpaired) electrons. The molecule has 0 bridgehead atoms. The first-order valence-corrected chi connectivity index (χ1v) is 5.80. The molecular weight excluding hydrogens is 269 g/mol. The summed E-state index contributed by atoms with van der Waals surface area (Å²) in [5, 5.41) is 0.